The summed E-state index contributed by atoms with van der Waals surface area (Å²) < 4.78 is 0. The Bertz CT molecular complexity index is 586. The highest BCUT2D eigenvalue weighted by Crippen LogP contribution is 2.32. The van der Waals surface area contributed by atoms with E-state index in [1.165, 1.54) is 16.6 Å². The van der Waals surface area contributed by atoms with Crippen LogP contribution in [0.2, 0.25) is 0 Å². The second kappa shape index (κ2) is 6.04. The monoisotopic (exact) mass is 299 g/mol. The number of aliphatic hydroxyl groups excluding tert-OH is 2. The number of hydrogen-bond donors (Lipinski definition) is 3. The van der Waals surface area contributed by atoms with Crippen LogP contribution in [0, 0.1) is 13.8 Å². The number of anilines is 1. The van der Waals surface area contributed by atoms with E-state index < -0.39 is 6.10 Å². The third-order valence-corrected chi connectivity index (χ3v) is 5.04. The number of aliphatic hydroxyl groups is 2. The van der Waals surface area contributed by atoms with Crippen LogP contribution in [0.15, 0.2) is 0 Å². The Morgan fingerprint density at radius 1 is 1.37 bits per heavy atom. The molecule has 0 amide bonds. The summed E-state index contributed by atoms with van der Waals surface area (Å²) in [7, 11) is 0. The summed E-state index contributed by atoms with van der Waals surface area (Å²) in [5.74, 6) is 2.22. The average molecular weight is 299 g/mol. The predicted octanol–water partition coefficient (Wildman–Crippen LogP) is 1.48. The molecule has 0 saturated carbocycles. The molecule has 2 aromatic heterocycles. The van der Waals surface area contributed by atoms with E-state index in [1.807, 2.05) is 13.8 Å². The van der Waals surface area contributed by atoms with E-state index in [4.69, 9.17) is 10.8 Å². The Hall–Kier alpha value is -0.890. The molecule has 4 N–H and O–H groups in total. The van der Waals surface area contributed by atoms with Gasteiger partial charge in [-0.15, -0.1) is 11.3 Å². The van der Waals surface area contributed by atoms with Crippen LogP contribution in [0.3, 0.4) is 0 Å². The van der Waals surface area contributed by atoms with Crippen LogP contribution in [0.25, 0.3) is 10.2 Å². The Kier molecular flexibility index (Phi) is 4.62. The maximum absolute atomic E-state index is 9.27. The molecule has 0 aliphatic rings. The molecule has 2 heterocycles. The van der Waals surface area contributed by atoms with Gasteiger partial charge in [-0.25, -0.2) is 9.97 Å². The van der Waals surface area contributed by atoms with Crippen LogP contribution in [-0.4, -0.2) is 38.6 Å². The van der Waals surface area contributed by atoms with E-state index in [1.54, 1.807) is 11.3 Å². The zero-order valence-electron chi connectivity index (χ0n) is 10.9. The topological polar surface area (TPSA) is 92.3 Å². The van der Waals surface area contributed by atoms with Crippen molar-refractivity contribution in [1.82, 2.24) is 9.97 Å². The van der Waals surface area contributed by atoms with E-state index >= 15 is 0 Å². The van der Waals surface area contributed by atoms with E-state index in [0.29, 0.717) is 23.1 Å². The van der Waals surface area contributed by atoms with Crippen LogP contribution in [0.5, 0.6) is 0 Å². The van der Waals surface area contributed by atoms with Gasteiger partial charge >= 0.3 is 0 Å². The number of aromatic nitrogens is 2. The van der Waals surface area contributed by atoms with Crippen molar-refractivity contribution in [1.29, 1.82) is 0 Å². The molecule has 5 nitrogen and oxygen atoms in total. The number of aryl methyl sites for hydroxylation is 2. The number of thiophene rings is 1. The minimum Gasteiger partial charge on any atom is -0.394 e. The van der Waals surface area contributed by atoms with Gasteiger partial charge in [0.2, 0.25) is 0 Å². The molecule has 104 valence electrons. The van der Waals surface area contributed by atoms with Crippen LogP contribution in [-0.2, 0) is 5.75 Å². The average Bonchev–Trinajstić information content (AvgIpc) is 2.65. The molecule has 1 atom stereocenters. The molecule has 0 aliphatic carbocycles. The smallest absolute Gasteiger partial charge is 0.142 e. The number of nitrogens with two attached hydrogens (primary N) is 1. The number of nitrogens with zero attached hydrogens (tertiary/aromatic N) is 2. The van der Waals surface area contributed by atoms with E-state index in [0.717, 1.165) is 15.8 Å². The van der Waals surface area contributed by atoms with Gasteiger partial charge in [-0.3, -0.25) is 0 Å². The molecule has 0 aliphatic heterocycles. The van der Waals surface area contributed by atoms with Gasteiger partial charge in [-0.1, -0.05) is 0 Å². The summed E-state index contributed by atoms with van der Waals surface area (Å²) in [4.78, 5) is 10.9. The van der Waals surface area contributed by atoms with Gasteiger partial charge in [-0.05, 0) is 19.4 Å². The molecular formula is C12H17N3O2S2. The van der Waals surface area contributed by atoms with Gasteiger partial charge in [0, 0.05) is 10.6 Å². The number of fused-ring (bicyclic) bond motifs is 1. The summed E-state index contributed by atoms with van der Waals surface area (Å²) in [6, 6.07) is 0. The Balaban J connectivity index is 2.17. The minimum absolute atomic E-state index is 0.224. The van der Waals surface area contributed by atoms with Crippen molar-refractivity contribution in [3.63, 3.8) is 0 Å². The van der Waals surface area contributed by atoms with Crippen molar-refractivity contribution < 1.29 is 10.2 Å². The van der Waals surface area contributed by atoms with E-state index in [9.17, 15) is 5.11 Å². The maximum Gasteiger partial charge on any atom is 0.142 e. The lowest BCUT2D eigenvalue weighted by Crippen LogP contribution is -2.15. The van der Waals surface area contributed by atoms with Crippen LogP contribution >= 0.6 is 23.1 Å². The van der Waals surface area contributed by atoms with Gasteiger partial charge in [0.05, 0.1) is 23.8 Å². The number of rotatable bonds is 5. The molecule has 0 aromatic carbocycles. The molecule has 1 unspecified atom stereocenters. The first-order valence-electron chi connectivity index (χ1n) is 5.91. The largest absolute Gasteiger partial charge is 0.394 e. The molecular weight excluding hydrogens is 282 g/mol. The van der Waals surface area contributed by atoms with Gasteiger partial charge in [-0.2, -0.15) is 11.8 Å². The molecule has 0 saturated heterocycles. The van der Waals surface area contributed by atoms with Crippen molar-refractivity contribution in [3.05, 3.63) is 16.3 Å². The first kappa shape index (κ1) is 14.5. The van der Waals surface area contributed by atoms with Gasteiger partial charge in [0.1, 0.15) is 16.5 Å². The third-order valence-electron chi connectivity index (χ3n) is 2.86. The van der Waals surface area contributed by atoms with Crippen molar-refractivity contribution in [2.75, 3.05) is 18.1 Å². The number of nitrogen functional groups attached to an aromatic ring is 1. The molecule has 0 radical (unpaired) electrons. The Morgan fingerprint density at radius 3 is 2.79 bits per heavy atom. The number of hydrogen-bond acceptors (Lipinski definition) is 7. The fourth-order valence-corrected chi connectivity index (χ4v) is 3.59. The second-order valence-electron chi connectivity index (χ2n) is 4.34. The van der Waals surface area contributed by atoms with Crippen LogP contribution in [0.1, 0.15) is 16.3 Å². The van der Waals surface area contributed by atoms with Crippen molar-refractivity contribution in [3.8, 4) is 0 Å². The lowest BCUT2D eigenvalue weighted by atomic mass is 10.2. The van der Waals surface area contributed by atoms with Gasteiger partial charge < -0.3 is 15.9 Å². The van der Waals surface area contributed by atoms with Crippen molar-refractivity contribution in [2.24, 2.45) is 0 Å². The summed E-state index contributed by atoms with van der Waals surface area (Å²) >= 11 is 3.10. The lowest BCUT2D eigenvalue weighted by molar-refractivity contribution is 0.113. The highest BCUT2D eigenvalue weighted by Gasteiger charge is 2.12. The number of thioether (sulfide) groups is 1. The standard InChI is InChI=1S/C12H17N3O2S2/c1-6-7(2)19-12-10(6)11(13)14-9(15-12)5-18-4-8(17)3-16/h8,16-17H,3-5H2,1-2H3,(H2,13,14,15). The van der Waals surface area contributed by atoms with Crippen LogP contribution in [0.4, 0.5) is 5.82 Å². The molecule has 2 aromatic rings. The summed E-state index contributed by atoms with van der Waals surface area (Å²) in [6.45, 7) is 3.85. The lowest BCUT2D eigenvalue weighted by Gasteiger charge is -2.06. The van der Waals surface area contributed by atoms with Gasteiger partial charge in [0.25, 0.3) is 0 Å². The molecule has 0 spiro atoms. The predicted molar refractivity (Wildman–Crippen MR) is 80.6 cm³/mol. The first-order valence-corrected chi connectivity index (χ1v) is 7.88. The van der Waals surface area contributed by atoms with Gasteiger partial charge in [0.15, 0.2) is 0 Å². The van der Waals surface area contributed by atoms with Crippen molar-refractivity contribution in [2.45, 2.75) is 25.7 Å². The maximum atomic E-state index is 9.27. The SMILES string of the molecule is Cc1sc2nc(CSCC(O)CO)nc(N)c2c1C. The van der Waals surface area contributed by atoms with E-state index in [2.05, 4.69) is 9.97 Å². The Morgan fingerprint density at radius 2 is 2.11 bits per heavy atom. The van der Waals surface area contributed by atoms with Crippen LogP contribution < -0.4 is 5.73 Å². The zero-order chi connectivity index (χ0) is 14.0. The molecule has 19 heavy (non-hydrogen) atoms. The highest BCUT2D eigenvalue weighted by molar-refractivity contribution is 7.98. The Labute approximate surface area is 119 Å². The molecule has 0 bridgehead atoms. The van der Waals surface area contributed by atoms with E-state index in [-0.39, 0.29) is 6.61 Å². The minimum atomic E-state index is -0.697. The first-order chi connectivity index (χ1) is 9.02. The molecule has 2 rings (SSSR count). The zero-order valence-corrected chi connectivity index (χ0v) is 12.5. The fraction of sp³-hybridized carbons (Fsp3) is 0.500. The summed E-state index contributed by atoms with van der Waals surface area (Å²) in [5, 5.41) is 19.0. The molecule has 0 fully saturated rings. The second-order valence-corrected chi connectivity index (χ2v) is 6.57. The normalized spacial score (nSPS) is 13.1. The van der Waals surface area contributed by atoms with Crippen molar-refractivity contribution >= 4 is 39.1 Å². The quantitative estimate of drug-likeness (QED) is 0.774. The highest BCUT2D eigenvalue weighted by atomic mass is 32.2. The summed E-state index contributed by atoms with van der Waals surface area (Å²) in [5.41, 5.74) is 7.13. The third kappa shape index (κ3) is 3.17. The fourth-order valence-electron chi connectivity index (χ4n) is 1.73. The molecule has 7 heteroatoms. The summed E-state index contributed by atoms with van der Waals surface area (Å²) in [6.07, 6.45) is -0.697.